The molecular weight excluding hydrogens is 352 g/mol. The van der Waals surface area contributed by atoms with Crippen LogP contribution in [-0.4, -0.2) is 34.5 Å². The first kappa shape index (κ1) is 19.9. The van der Waals surface area contributed by atoms with E-state index < -0.39 is 10.0 Å². The Kier molecular flexibility index (Phi) is 6.76. The summed E-state index contributed by atoms with van der Waals surface area (Å²) in [7, 11) is -1.98. The van der Waals surface area contributed by atoms with Crippen LogP contribution >= 0.6 is 0 Å². The third-order valence-electron chi connectivity index (χ3n) is 3.96. The molecule has 0 saturated carbocycles. The Morgan fingerprint density at radius 1 is 1.12 bits per heavy atom. The van der Waals surface area contributed by atoms with Crippen molar-refractivity contribution in [2.75, 3.05) is 20.2 Å². The predicted octanol–water partition coefficient (Wildman–Crippen LogP) is 2.27. The molecule has 6 nitrogen and oxygen atoms in total. The molecule has 0 bridgehead atoms. The van der Waals surface area contributed by atoms with Crippen LogP contribution in [0.5, 0.6) is 5.75 Å². The molecule has 0 radical (unpaired) electrons. The average molecular weight is 376 g/mol. The Hall–Kier alpha value is -2.38. The summed E-state index contributed by atoms with van der Waals surface area (Å²) >= 11 is 0. The largest absolute Gasteiger partial charge is 0.497 e. The summed E-state index contributed by atoms with van der Waals surface area (Å²) in [6, 6.07) is 12.2. The molecule has 0 aromatic heterocycles. The molecule has 1 amide bonds. The minimum Gasteiger partial charge on any atom is -0.497 e. The molecule has 2 aromatic rings. The van der Waals surface area contributed by atoms with Crippen LogP contribution in [-0.2, 0) is 16.4 Å². The number of hydrogen-bond donors (Lipinski definition) is 2. The molecule has 0 atom stereocenters. The minimum absolute atomic E-state index is 0.0882. The standard InChI is InChI=1S/C19H24N2O4S/c1-4-21-26(23,24)17-10-5-14(2)18(13-17)19(22)20-12-11-15-6-8-16(25-3)9-7-15/h5-10,13,21H,4,11-12H2,1-3H3,(H,20,22). The Bertz CT molecular complexity index is 862. The fourth-order valence-corrected chi connectivity index (χ4v) is 3.56. The van der Waals surface area contributed by atoms with E-state index >= 15 is 0 Å². The lowest BCUT2D eigenvalue weighted by Gasteiger charge is -2.11. The van der Waals surface area contributed by atoms with E-state index in [4.69, 9.17) is 4.74 Å². The van der Waals surface area contributed by atoms with Gasteiger partial charge in [-0.1, -0.05) is 25.1 Å². The number of nitrogens with one attached hydrogen (secondary N) is 2. The van der Waals surface area contributed by atoms with Crippen molar-refractivity contribution in [1.29, 1.82) is 0 Å². The molecule has 140 valence electrons. The van der Waals surface area contributed by atoms with Gasteiger partial charge in [-0.2, -0.15) is 0 Å². The topological polar surface area (TPSA) is 84.5 Å². The van der Waals surface area contributed by atoms with Crippen LogP contribution in [0.1, 0.15) is 28.4 Å². The van der Waals surface area contributed by atoms with E-state index in [1.165, 1.54) is 12.1 Å². The molecule has 7 heteroatoms. The second kappa shape index (κ2) is 8.82. The number of hydrogen-bond acceptors (Lipinski definition) is 4. The van der Waals surface area contributed by atoms with Gasteiger partial charge in [0.05, 0.1) is 12.0 Å². The van der Waals surface area contributed by atoms with Gasteiger partial charge in [-0.3, -0.25) is 4.79 Å². The molecule has 26 heavy (non-hydrogen) atoms. The van der Waals surface area contributed by atoms with Gasteiger partial charge < -0.3 is 10.1 Å². The van der Waals surface area contributed by atoms with E-state index in [0.717, 1.165) is 16.9 Å². The van der Waals surface area contributed by atoms with Crippen molar-refractivity contribution in [1.82, 2.24) is 10.0 Å². The molecule has 2 N–H and O–H groups in total. The number of aryl methyl sites for hydroxylation is 1. The number of carbonyl (C=O) groups excluding carboxylic acids is 1. The SMILES string of the molecule is CCNS(=O)(=O)c1ccc(C)c(C(=O)NCCc2ccc(OC)cc2)c1. The number of amides is 1. The maximum atomic E-state index is 12.4. The lowest BCUT2D eigenvalue weighted by atomic mass is 10.1. The first-order valence-corrected chi connectivity index (χ1v) is 9.87. The lowest BCUT2D eigenvalue weighted by Crippen LogP contribution is -2.27. The minimum atomic E-state index is -3.60. The third kappa shape index (κ3) is 5.06. The van der Waals surface area contributed by atoms with E-state index in [9.17, 15) is 13.2 Å². The van der Waals surface area contributed by atoms with Gasteiger partial charge in [-0.15, -0.1) is 0 Å². The number of rotatable bonds is 8. The maximum Gasteiger partial charge on any atom is 0.251 e. The first-order valence-electron chi connectivity index (χ1n) is 8.39. The zero-order chi connectivity index (χ0) is 19.2. The van der Waals surface area contributed by atoms with E-state index in [1.807, 2.05) is 24.3 Å². The van der Waals surface area contributed by atoms with Crippen LogP contribution in [0.25, 0.3) is 0 Å². The van der Waals surface area contributed by atoms with Crippen molar-refractivity contribution in [3.05, 3.63) is 59.2 Å². The van der Waals surface area contributed by atoms with Gasteiger partial charge in [0.2, 0.25) is 10.0 Å². The monoisotopic (exact) mass is 376 g/mol. The Balaban J connectivity index is 2.04. The van der Waals surface area contributed by atoms with Gasteiger partial charge in [-0.05, 0) is 48.7 Å². The summed E-state index contributed by atoms with van der Waals surface area (Å²) in [5.74, 6) is 0.497. The molecule has 0 spiro atoms. The number of methoxy groups -OCH3 is 1. The third-order valence-corrected chi connectivity index (χ3v) is 5.50. The normalized spacial score (nSPS) is 11.2. The van der Waals surface area contributed by atoms with Crippen LogP contribution in [0.4, 0.5) is 0 Å². The Morgan fingerprint density at radius 2 is 1.81 bits per heavy atom. The molecule has 0 aliphatic rings. The van der Waals surface area contributed by atoms with Crippen LogP contribution in [0, 0.1) is 6.92 Å². The quantitative estimate of drug-likeness (QED) is 0.740. The average Bonchev–Trinajstić information content (AvgIpc) is 2.62. The van der Waals surface area contributed by atoms with Crippen LogP contribution < -0.4 is 14.8 Å². The highest BCUT2D eigenvalue weighted by molar-refractivity contribution is 7.89. The molecule has 0 aliphatic carbocycles. The number of sulfonamides is 1. The number of benzene rings is 2. The number of carbonyl (C=O) groups is 1. The van der Waals surface area contributed by atoms with Crippen LogP contribution in [0.3, 0.4) is 0 Å². The summed E-state index contributed by atoms with van der Waals surface area (Å²) in [6.45, 7) is 4.23. The summed E-state index contributed by atoms with van der Waals surface area (Å²) in [5, 5.41) is 2.84. The lowest BCUT2D eigenvalue weighted by molar-refractivity contribution is 0.0953. The van der Waals surface area contributed by atoms with E-state index in [2.05, 4.69) is 10.0 Å². The summed E-state index contributed by atoms with van der Waals surface area (Å²) in [5.41, 5.74) is 2.16. The van der Waals surface area contributed by atoms with Crippen molar-refractivity contribution in [3.8, 4) is 5.75 Å². The molecule has 0 unspecified atom stereocenters. The van der Waals surface area contributed by atoms with Crippen molar-refractivity contribution < 1.29 is 17.9 Å². The summed E-state index contributed by atoms with van der Waals surface area (Å²) in [4.78, 5) is 12.5. The molecule has 0 fully saturated rings. The fraction of sp³-hybridized carbons (Fsp3) is 0.316. The Labute approximate surface area is 154 Å². The molecule has 0 heterocycles. The van der Waals surface area contributed by atoms with Crippen LogP contribution in [0.2, 0.25) is 0 Å². The molecule has 2 aromatic carbocycles. The summed E-state index contributed by atoms with van der Waals surface area (Å²) in [6.07, 6.45) is 0.671. The van der Waals surface area contributed by atoms with Gasteiger partial charge in [0.15, 0.2) is 0 Å². The van der Waals surface area contributed by atoms with E-state index in [0.29, 0.717) is 25.1 Å². The van der Waals surface area contributed by atoms with E-state index in [1.54, 1.807) is 27.0 Å². The predicted molar refractivity (Wildman–Crippen MR) is 101 cm³/mol. The molecule has 2 rings (SSSR count). The highest BCUT2D eigenvalue weighted by Crippen LogP contribution is 2.16. The fourth-order valence-electron chi connectivity index (χ4n) is 2.49. The molecular formula is C19H24N2O4S. The second-order valence-electron chi connectivity index (χ2n) is 5.83. The van der Waals surface area contributed by atoms with Gasteiger partial charge in [0.1, 0.15) is 5.75 Å². The van der Waals surface area contributed by atoms with Gasteiger partial charge >= 0.3 is 0 Å². The smallest absolute Gasteiger partial charge is 0.251 e. The van der Waals surface area contributed by atoms with Gasteiger partial charge in [-0.25, -0.2) is 13.1 Å². The van der Waals surface area contributed by atoms with Gasteiger partial charge in [0.25, 0.3) is 5.91 Å². The Morgan fingerprint density at radius 3 is 2.42 bits per heavy atom. The van der Waals surface area contributed by atoms with Crippen molar-refractivity contribution in [2.45, 2.75) is 25.2 Å². The van der Waals surface area contributed by atoms with Crippen molar-refractivity contribution >= 4 is 15.9 Å². The second-order valence-corrected chi connectivity index (χ2v) is 7.60. The highest BCUT2D eigenvalue weighted by Gasteiger charge is 2.17. The zero-order valence-corrected chi connectivity index (χ0v) is 16.0. The van der Waals surface area contributed by atoms with Crippen molar-refractivity contribution in [2.24, 2.45) is 0 Å². The molecule has 0 aliphatic heterocycles. The van der Waals surface area contributed by atoms with Gasteiger partial charge in [0, 0.05) is 18.7 Å². The highest BCUT2D eigenvalue weighted by atomic mass is 32.2. The zero-order valence-electron chi connectivity index (χ0n) is 15.2. The molecule has 0 saturated heterocycles. The maximum absolute atomic E-state index is 12.4. The first-order chi connectivity index (χ1) is 12.4. The van der Waals surface area contributed by atoms with Crippen LogP contribution in [0.15, 0.2) is 47.4 Å². The number of ether oxygens (including phenoxy) is 1. The van der Waals surface area contributed by atoms with E-state index in [-0.39, 0.29) is 10.8 Å². The summed E-state index contributed by atoms with van der Waals surface area (Å²) < 4.78 is 31.8. The van der Waals surface area contributed by atoms with Crippen molar-refractivity contribution in [3.63, 3.8) is 0 Å².